The van der Waals surface area contributed by atoms with Crippen LogP contribution in [-0.2, 0) is 19.1 Å². The molecule has 0 heterocycles. The number of rotatable bonds is 7. The van der Waals surface area contributed by atoms with Gasteiger partial charge in [-0.25, -0.2) is 0 Å². The van der Waals surface area contributed by atoms with E-state index in [4.69, 9.17) is 9.84 Å². The van der Waals surface area contributed by atoms with Crippen LogP contribution in [0.25, 0.3) is 0 Å². The molecule has 0 bridgehead atoms. The van der Waals surface area contributed by atoms with Crippen molar-refractivity contribution in [2.24, 2.45) is 5.41 Å². The topological polar surface area (TPSA) is 105 Å². The predicted octanol–water partition coefficient (Wildman–Crippen LogP) is 0.533. The quantitative estimate of drug-likeness (QED) is 0.636. The highest BCUT2D eigenvalue weighted by molar-refractivity contribution is 5.89. The van der Waals surface area contributed by atoms with E-state index in [1.165, 1.54) is 7.11 Å². The molecule has 0 aliphatic carbocycles. The fourth-order valence-corrected chi connectivity index (χ4v) is 1.67. The van der Waals surface area contributed by atoms with Crippen LogP contribution in [0.2, 0.25) is 0 Å². The minimum atomic E-state index is -1.04. The Morgan fingerprint density at radius 1 is 1.19 bits per heavy atom. The minimum absolute atomic E-state index is 0.0605. The number of aliphatic carboxylic acids is 1. The van der Waals surface area contributed by atoms with E-state index in [0.29, 0.717) is 0 Å². The normalized spacial score (nSPS) is 15.7. The lowest BCUT2D eigenvalue weighted by Crippen LogP contribution is -2.57. The maximum Gasteiger partial charge on any atom is 0.305 e. The zero-order valence-electron chi connectivity index (χ0n) is 13.6. The number of hydrogen-bond donors (Lipinski definition) is 3. The van der Waals surface area contributed by atoms with Gasteiger partial charge in [0.2, 0.25) is 11.8 Å². The summed E-state index contributed by atoms with van der Waals surface area (Å²) in [5.74, 6) is -1.74. The Kier molecular flexibility index (Phi) is 6.82. The van der Waals surface area contributed by atoms with Gasteiger partial charge in [0, 0.05) is 12.5 Å². The molecule has 3 N–H and O–H groups in total. The molecule has 0 aromatic carbocycles. The van der Waals surface area contributed by atoms with Crippen LogP contribution in [0.5, 0.6) is 0 Å². The van der Waals surface area contributed by atoms with Crippen LogP contribution in [0.1, 0.15) is 41.0 Å². The van der Waals surface area contributed by atoms with Crippen molar-refractivity contribution in [2.75, 3.05) is 13.7 Å². The lowest BCUT2D eigenvalue weighted by molar-refractivity contribution is -0.140. The summed E-state index contributed by atoms with van der Waals surface area (Å²) in [6.07, 6.45) is -0.271. The summed E-state index contributed by atoms with van der Waals surface area (Å²) in [5, 5.41) is 14.1. The third-order valence-electron chi connectivity index (χ3n) is 2.85. The molecule has 2 unspecified atom stereocenters. The zero-order valence-corrected chi connectivity index (χ0v) is 13.6. The molecule has 2 amide bonds. The number of ether oxygens (including phenoxy) is 1. The molecule has 0 aromatic rings. The van der Waals surface area contributed by atoms with Crippen molar-refractivity contribution in [1.29, 1.82) is 0 Å². The molecular weight excluding hydrogens is 276 g/mol. The van der Waals surface area contributed by atoms with Crippen LogP contribution < -0.4 is 10.6 Å². The first-order valence-corrected chi connectivity index (χ1v) is 6.75. The fraction of sp³-hybridized carbons (Fsp3) is 0.786. The van der Waals surface area contributed by atoms with E-state index >= 15 is 0 Å². The highest BCUT2D eigenvalue weighted by atomic mass is 16.5. The van der Waals surface area contributed by atoms with Gasteiger partial charge in [0.15, 0.2) is 0 Å². The van der Waals surface area contributed by atoms with Crippen molar-refractivity contribution in [3.05, 3.63) is 0 Å². The van der Waals surface area contributed by atoms with Gasteiger partial charge in [-0.3, -0.25) is 14.4 Å². The van der Waals surface area contributed by atoms with Gasteiger partial charge in [-0.1, -0.05) is 20.8 Å². The molecule has 122 valence electrons. The molecule has 0 aliphatic heterocycles. The lowest BCUT2D eigenvalue weighted by atomic mass is 9.95. The zero-order chi connectivity index (χ0) is 16.8. The number of carbonyl (C=O) groups excluding carboxylic acids is 2. The molecule has 0 spiro atoms. The maximum absolute atomic E-state index is 12.1. The van der Waals surface area contributed by atoms with Gasteiger partial charge in [-0.15, -0.1) is 0 Å². The Morgan fingerprint density at radius 3 is 2.10 bits per heavy atom. The van der Waals surface area contributed by atoms with Gasteiger partial charge in [-0.2, -0.15) is 0 Å². The molecule has 0 fully saturated rings. The third-order valence-corrected chi connectivity index (χ3v) is 2.85. The van der Waals surface area contributed by atoms with E-state index in [2.05, 4.69) is 10.6 Å². The van der Waals surface area contributed by atoms with E-state index in [1.807, 2.05) is 0 Å². The highest BCUT2D eigenvalue weighted by Crippen LogP contribution is 2.14. The summed E-state index contributed by atoms with van der Waals surface area (Å²) in [6.45, 7) is 8.42. The van der Waals surface area contributed by atoms with Crippen molar-refractivity contribution in [3.63, 3.8) is 0 Å². The Morgan fingerprint density at radius 2 is 1.71 bits per heavy atom. The van der Waals surface area contributed by atoms with Gasteiger partial charge in [-0.05, 0) is 13.8 Å². The van der Waals surface area contributed by atoms with Crippen LogP contribution >= 0.6 is 0 Å². The van der Waals surface area contributed by atoms with Gasteiger partial charge in [0.05, 0.1) is 18.6 Å². The fourth-order valence-electron chi connectivity index (χ4n) is 1.67. The van der Waals surface area contributed by atoms with E-state index in [0.717, 1.165) is 0 Å². The lowest BCUT2D eigenvalue weighted by Gasteiger charge is -2.30. The number of amides is 2. The Labute approximate surface area is 125 Å². The van der Waals surface area contributed by atoms with Crippen LogP contribution in [0.3, 0.4) is 0 Å². The van der Waals surface area contributed by atoms with Gasteiger partial charge in [0.1, 0.15) is 6.04 Å². The monoisotopic (exact) mass is 302 g/mol. The standard InChI is InChI=1S/C14H26N2O5/c1-9(15-12(20)13(2,3)4)11(19)16-14(5,8-21-6)7-10(17)18/h9H,7-8H2,1-6H3,(H,15,20)(H,16,19)(H,17,18). The van der Waals surface area contributed by atoms with Gasteiger partial charge >= 0.3 is 5.97 Å². The summed E-state index contributed by atoms with van der Waals surface area (Å²) >= 11 is 0. The molecule has 0 rings (SSSR count). The summed E-state index contributed by atoms with van der Waals surface area (Å²) in [5.41, 5.74) is -1.64. The van der Waals surface area contributed by atoms with Crippen LogP contribution in [0.4, 0.5) is 0 Å². The second-order valence-electron chi connectivity index (χ2n) is 6.50. The second kappa shape index (κ2) is 7.40. The summed E-state index contributed by atoms with van der Waals surface area (Å²) in [7, 11) is 1.43. The molecular formula is C14H26N2O5. The van der Waals surface area contributed by atoms with E-state index < -0.39 is 28.9 Å². The van der Waals surface area contributed by atoms with Crippen molar-refractivity contribution in [3.8, 4) is 0 Å². The molecule has 0 radical (unpaired) electrons. The number of carbonyl (C=O) groups is 3. The maximum atomic E-state index is 12.1. The number of carboxylic acid groups (broad SMARTS) is 1. The molecule has 0 aromatic heterocycles. The first-order chi connectivity index (χ1) is 9.41. The molecule has 7 heteroatoms. The smallest absolute Gasteiger partial charge is 0.305 e. The van der Waals surface area contributed by atoms with Crippen LogP contribution in [0.15, 0.2) is 0 Å². The number of carboxylic acids is 1. The van der Waals surface area contributed by atoms with Gasteiger partial charge in [0.25, 0.3) is 0 Å². The minimum Gasteiger partial charge on any atom is -0.481 e. The Hall–Kier alpha value is -1.63. The third kappa shape index (κ3) is 7.08. The first-order valence-electron chi connectivity index (χ1n) is 6.75. The number of methoxy groups -OCH3 is 1. The Bertz CT molecular complexity index is 403. The van der Waals surface area contributed by atoms with E-state index in [9.17, 15) is 14.4 Å². The average Bonchev–Trinajstić information content (AvgIpc) is 2.25. The SMILES string of the molecule is COCC(C)(CC(=O)O)NC(=O)C(C)NC(=O)C(C)(C)C. The van der Waals surface area contributed by atoms with Crippen molar-refractivity contribution >= 4 is 17.8 Å². The van der Waals surface area contributed by atoms with E-state index in [1.54, 1.807) is 34.6 Å². The summed E-state index contributed by atoms with van der Waals surface area (Å²) in [6, 6.07) is -0.762. The van der Waals surface area contributed by atoms with Crippen molar-refractivity contribution in [2.45, 2.75) is 52.6 Å². The summed E-state index contributed by atoms with van der Waals surface area (Å²) in [4.78, 5) is 34.8. The molecule has 0 aliphatic rings. The van der Waals surface area contributed by atoms with Crippen molar-refractivity contribution < 1.29 is 24.2 Å². The average molecular weight is 302 g/mol. The summed E-state index contributed by atoms with van der Waals surface area (Å²) < 4.78 is 4.96. The molecule has 0 saturated heterocycles. The first kappa shape index (κ1) is 19.4. The molecule has 21 heavy (non-hydrogen) atoms. The molecule has 7 nitrogen and oxygen atoms in total. The van der Waals surface area contributed by atoms with Crippen molar-refractivity contribution in [1.82, 2.24) is 10.6 Å². The molecule has 2 atom stereocenters. The second-order valence-corrected chi connectivity index (χ2v) is 6.50. The molecule has 0 saturated carbocycles. The number of nitrogens with one attached hydrogen (secondary N) is 2. The largest absolute Gasteiger partial charge is 0.481 e. The highest BCUT2D eigenvalue weighted by Gasteiger charge is 2.32. The Balaban J connectivity index is 4.76. The predicted molar refractivity (Wildman–Crippen MR) is 77.7 cm³/mol. The van der Waals surface area contributed by atoms with Crippen LogP contribution in [-0.4, -0.2) is 48.2 Å². The van der Waals surface area contributed by atoms with Gasteiger partial charge < -0.3 is 20.5 Å². The number of hydrogen-bond acceptors (Lipinski definition) is 4. The van der Waals surface area contributed by atoms with E-state index in [-0.39, 0.29) is 18.9 Å². The van der Waals surface area contributed by atoms with Crippen LogP contribution in [0, 0.1) is 5.41 Å².